The number of methoxy groups -OCH3 is 1. The van der Waals surface area contributed by atoms with Gasteiger partial charge in [-0.05, 0) is 59.2 Å². The van der Waals surface area contributed by atoms with Crippen molar-refractivity contribution in [2.75, 3.05) is 7.11 Å². The van der Waals surface area contributed by atoms with E-state index in [1.165, 1.54) is 0 Å². The maximum Gasteiger partial charge on any atom is 0.408 e. The van der Waals surface area contributed by atoms with Gasteiger partial charge in [0.2, 0.25) is 0 Å². The molecule has 3 rings (SSSR count). The zero-order valence-corrected chi connectivity index (χ0v) is 24.3. The molecule has 3 N–H and O–H groups in total. The van der Waals surface area contributed by atoms with E-state index in [-0.39, 0.29) is 11.6 Å². The summed E-state index contributed by atoms with van der Waals surface area (Å²) >= 11 is 12.2. The molecule has 0 saturated heterocycles. The number of carbonyl (C=O) groups is 4. The fourth-order valence-electron chi connectivity index (χ4n) is 5.07. The molecule has 0 aliphatic heterocycles. The molecule has 6 atom stereocenters. The highest BCUT2D eigenvalue weighted by Crippen LogP contribution is 2.63. The van der Waals surface area contributed by atoms with Crippen LogP contribution < -0.4 is 10.6 Å². The predicted molar refractivity (Wildman–Crippen MR) is 140 cm³/mol. The van der Waals surface area contributed by atoms with Gasteiger partial charge in [-0.1, -0.05) is 29.3 Å². The first-order valence-electron chi connectivity index (χ1n) is 12.3. The van der Waals surface area contributed by atoms with E-state index in [1.54, 1.807) is 59.7 Å². The molecule has 0 bridgehead atoms. The molecule has 216 valence electrons. The second-order valence-electron chi connectivity index (χ2n) is 11.6. The van der Waals surface area contributed by atoms with E-state index in [9.17, 15) is 24.3 Å². The van der Waals surface area contributed by atoms with Crippen LogP contribution in [0.3, 0.4) is 0 Å². The summed E-state index contributed by atoms with van der Waals surface area (Å²) in [6, 6.07) is 3.75. The molecule has 13 heteroatoms. The average Bonchev–Trinajstić information content (AvgIpc) is 3.47. The largest absolute Gasteiger partial charge is 0.481 e. The third kappa shape index (κ3) is 6.70. The third-order valence-corrected chi connectivity index (χ3v) is 7.14. The van der Waals surface area contributed by atoms with Gasteiger partial charge in [0.1, 0.15) is 17.3 Å². The number of hydrogen-bond donors (Lipinski definition) is 3. The number of esters is 1. The van der Waals surface area contributed by atoms with Gasteiger partial charge >= 0.3 is 24.1 Å². The van der Waals surface area contributed by atoms with E-state index in [0.29, 0.717) is 10.6 Å². The van der Waals surface area contributed by atoms with Gasteiger partial charge in [0.25, 0.3) is 0 Å². The second-order valence-corrected chi connectivity index (χ2v) is 12.4. The number of aliphatic carboxylic acids is 1. The van der Waals surface area contributed by atoms with Crippen molar-refractivity contribution in [1.29, 1.82) is 0 Å². The zero-order chi connectivity index (χ0) is 29.5. The minimum Gasteiger partial charge on any atom is -0.481 e. The van der Waals surface area contributed by atoms with Gasteiger partial charge in [-0.3, -0.25) is 4.79 Å². The molecule has 2 fully saturated rings. The number of amides is 2. The van der Waals surface area contributed by atoms with E-state index in [4.69, 9.17) is 42.1 Å². The van der Waals surface area contributed by atoms with Crippen molar-refractivity contribution in [3.8, 4) is 0 Å². The summed E-state index contributed by atoms with van der Waals surface area (Å²) in [6.07, 6.45) is -3.13. The number of ether oxygens (including phenoxy) is 4. The minimum absolute atomic E-state index is 0.126. The molecular weight excluding hydrogens is 555 g/mol. The topological polar surface area (TPSA) is 149 Å². The van der Waals surface area contributed by atoms with Crippen LogP contribution in [0.25, 0.3) is 0 Å². The highest BCUT2D eigenvalue weighted by molar-refractivity contribution is 6.42. The number of fused-ring (bicyclic) bond motifs is 1. The van der Waals surface area contributed by atoms with Gasteiger partial charge < -0.3 is 34.7 Å². The fraction of sp³-hybridized carbons (Fsp3) is 0.615. The normalized spacial score (nSPS) is 27.7. The fourth-order valence-corrected chi connectivity index (χ4v) is 5.39. The lowest BCUT2D eigenvalue weighted by Gasteiger charge is -2.40. The molecule has 2 amide bonds. The Morgan fingerprint density at radius 3 is 2.10 bits per heavy atom. The smallest absolute Gasteiger partial charge is 0.408 e. The van der Waals surface area contributed by atoms with E-state index in [1.807, 2.05) is 0 Å². The van der Waals surface area contributed by atoms with Gasteiger partial charge in [0.15, 0.2) is 5.54 Å². The Labute approximate surface area is 236 Å². The SMILES string of the molecule is COC(=O)N[C@H]1[C@H]2[C@H](C(=O)O)[C@H]2[C@](NC(=O)OC(C)(C)C)(C(=O)OC(C)(C)C)[C@@H]1OCc1ccc(Cl)c(Cl)c1. The van der Waals surface area contributed by atoms with E-state index >= 15 is 0 Å². The van der Waals surface area contributed by atoms with Crippen LogP contribution in [0.15, 0.2) is 18.2 Å². The maximum atomic E-state index is 14.0. The van der Waals surface area contributed by atoms with Crippen LogP contribution in [0.4, 0.5) is 9.59 Å². The Balaban J connectivity index is 2.13. The Morgan fingerprint density at radius 1 is 0.974 bits per heavy atom. The van der Waals surface area contributed by atoms with Crippen molar-refractivity contribution in [3.63, 3.8) is 0 Å². The van der Waals surface area contributed by atoms with Crippen LogP contribution in [-0.4, -0.2) is 65.2 Å². The van der Waals surface area contributed by atoms with Gasteiger partial charge in [0, 0.05) is 11.8 Å². The van der Waals surface area contributed by atoms with Gasteiger partial charge in [-0.25, -0.2) is 14.4 Å². The third-order valence-electron chi connectivity index (χ3n) is 6.40. The predicted octanol–water partition coefficient (Wildman–Crippen LogP) is 4.17. The monoisotopic (exact) mass is 588 g/mol. The number of alkyl carbamates (subject to hydrolysis) is 2. The molecule has 11 nitrogen and oxygen atoms in total. The Bertz CT molecular complexity index is 1150. The number of nitrogens with one attached hydrogen (secondary N) is 2. The molecule has 0 heterocycles. The molecule has 2 aliphatic carbocycles. The molecule has 0 aromatic heterocycles. The highest BCUT2D eigenvalue weighted by atomic mass is 35.5. The molecule has 0 radical (unpaired) electrons. The molecule has 39 heavy (non-hydrogen) atoms. The van der Waals surface area contributed by atoms with Crippen LogP contribution in [0, 0.1) is 17.8 Å². The standard InChI is InChI=1S/C26H34Cl2N2O9/c1-24(2,3)38-21(33)26(30-23(35)39-25(4,5)6)17-15(16(17)20(31)32)18(29-22(34)36-7)19(26)37-11-12-8-9-13(27)14(28)10-12/h8-10,15-19H,11H2,1-7H3,(H,29,34)(H,30,35)(H,31,32)/t15-,16-,17-,18-,19+,26+/m0/s1. The van der Waals surface area contributed by atoms with Gasteiger partial charge in [0.05, 0.1) is 35.7 Å². The molecule has 2 saturated carbocycles. The molecule has 2 aliphatic rings. The van der Waals surface area contributed by atoms with Crippen molar-refractivity contribution in [2.24, 2.45) is 17.8 Å². The summed E-state index contributed by atoms with van der Waals surface area (Å²) in [5.41, 5.74) is -3.41. The Kier molecular flexibility index (Phi) is 8.69. The molecule has 0 spiro atoms. The Hall–Kier alpha value is -2.76. The van der Waals surface area contributed by atoms with Gasteiger partial charge in [-0.2, -0.15) is 0 Å². The van der Waals surface area contributed by atoms with Crippen molar-refractivity contribution < 1.29 is 43.2 Å². The number of carboxylic acids is 1. The molecule has 1 aromatic rings. The van der Waals surface area contributed by atoms with Crippen molar-refractivity contribution in [1.82, 2.24) is 10.6 Å². The van der Waals surface area contributed by atoms with Gasteiger partial charge in [-0.15, -0.1) is 0 Å². The lowest BCUT2D eigenvalue weighted by Crippen LogP contribution is -2.68. The number of carbonyl (C=O) groups excluding carboxylic acids is 3. The van der Waals surface area contributed by atoms with E-state index < -0.39 is 70.8 Å². The summed E-state index contributed by atoms with van der Waals surface area (Å²) < 4.78 is 22.1. The van der Waals surface area contributed by atoms with Crippen molar-refractivity contribution in [3.05, 3.63) is 33.8 Å². The first kappa shape index (κ1) is 30.8. The number of halogens is 2. The van der Waals surface area contributed by atoms with E-state index in [2.05, 4.69) is 10.6 Å². The summed E-state index contributed by atoms with van der Waals surface area (Å²) in [4.78, 5) is 51.7. The lowest BCUT2D eigenvalue weighted by molar-refractivity contribution is -0.173. The first-order chi connectivity index (χ1) is 17.9. The van der Waals surface area contributed by atoms with Crippen LogP contribution in [0.1, 0.15) is 47.1 Å². The summed E-state index contributed by atoms with van der Waals surface area (Å²) in [5.74, 6) is -5.00. The van der Waals surface area contributed by atoms with Crippen molar-refractivity contribution in [2.45, 2.75) is 77.0 Å². The van der Waals surface area contributed by atoms with E-state index in [0.717, 1.165) is 7.11 Å². The number of benzene rings is 1. The number of rotatable bonds is 7. The second kappa shape index (κ2) is 11.0. The molecule has 0 unspecified atom stereocenters. The average molecular weight is 589 g/mol. The van der Waals surface area contributed by atoms with Crippen LogP contribution in [0.5, 0.6) is 0 Å². The maximum absolute atomic E-state index is 14.0. The first-order valence-corrected chi connectivity index (χ1v) is 13.0. The van der Waals surface area contributed by atoms with Crippen LogP contribution in [-0.2, 0) is 35.1 Å². The summed E-state index contributed by atoms with van der Waals surface area (Å²) in [5, 5.41) is 15.8. The van der Waals surface area contributed by atoms with Crippen molar-refractivity contribution >= 4 is 47.3 Å². The molecule has 1 aromatic carbocycles. The minimum atomic E-state index is -2.04. The lowest BCUT2D eigenvalue weighted by atomic mass is 9.85. The summed E-state index contributed by atoms with van der Waals surface area (Å²) in [6.45, 7) is 9.70. The number of hydrogen-bond acceptors (Lipinski definition) is 8. The number of carboxylic acid groups (broad SMARTS) is 1. The van der Waals surface area contributed by atoms with Crippen LogP contribution >= 0.6 is 23.2 Å². The van der Waals surface area contributed by atoms with Crippen LogP contribution in [0.2, 0.25) is 10.0 Å². The Morgan fingerprint density at radius 2 is 1.59 bits per heavy atom. The molecular formula is C26H34Cl2N2O9. The highest BCUT2D eigenvalue weighted by Gasteiger charge is 2.81. The quantitative estimate of drug-likeness (QED) is 0.315. The summed E-state index contributed by atoms with van der Waals surface area (Å²) in [7, 11) is 1.15. The zero-order valence-electron chi connectivity index (χ0n) is 22.8.